The number of benzene rings is 1. The van der Waals surface area contributed by atoms with Crippen LogP contribution >= 0.6 is 0 Å². The first-order valence-corrected chi connectivity index (χ1v) is 11.0. The fourth-order valence-electron chi connectivity index (χ4n) is 4.74. The maximum atomic E-state index is 14.8. The monoisotopic (exact) mass is 457 g/mol. The molecular weight excluding hydrogens is 432 g/mol. The minimum atomic E-state index is -1.26. The first-order chi connectivity index (χ1) is 15.9. The minimum absolute atomic E-state index is 0.0247. The highest BCUT2D eigenvalue weighted by Gasteiger charge is 2.41. The van der Waals surface area contributed by atoms with Crippen LogP contribution in [-0.4, -0.2) is 69.7 Å². The number of alkyl halides is 1. The van der Waals surface area contributed by atoms with Gasteiger partial charge in [0.05, 0.1) is 49.1 Å². The lowest BCUT2D eigenvalue weighted by atomic mass is 10.00. The van der Waals surface area contributed by atoms with Crippen molar-refractivity contribution < 1.29 is 23.4 Å². The average molecular weight is 457 g/mol. The fraction of sp³-hybridized carbons (Fsp3) is 0.478. The van der Waals surface area contributed by atoms with Crippen molar-refractivity contribution in [3.63, 3.8) is 0 Å². The fourth-order valence-corrected chi connectivity index (χ4v) is 4.74. The highest BCUT2D eigenvalue weighted by Crippen LogP contribution is 2.37. The van der Waals surface area contributed by atoms with Crippen molar-refractivity contribution in [2.45, 2.75) is 50.7 Å². The predicted molar refractivity (Wildman–Crippen MR) is 116 cm³/mol. The number of nitrogens with zero attached hydrogens (tertiary/aromatic N) is 4. The summed E-state index contributed by atoms with van der Waals surface area (Å²) in [6, 6.07) is 3.92. The summed E-state index contributed by atoms with van der Waals surface area (Å²) < 4.78 is 34.6. The van der Waals surface area contributed by atoms with E-state index >= 15 is 0 Å². The van der Waals surface area contributed by atoms with E-state index in [2.05, 4.69) is 20.3 Å². The zero-order valence-electron chi connectivity index (χ0n) is 18.2. The van der Waals surface area contributed by atoms with Gasteiger partial charge in [-0.25, -0.2) is 18.7 Å². The number of aliphatic imine (C=N–C) groups is 1. The normalized spacial score (nSPS) is 26.8. The van der Waals surface area contributed by atoms with Crippen LogP contribution < -0.4 is 5.32 Å². The van der Waals surface area contributed by atoms with Crippen LogP contribution in [0.25, 0.3) is 0 Å². The molecule has 0 bridgehead atoms. The van der Waals surface area contributed by atoms with Gasteiger partial charge in [0, 0.05) is 18.6 Å². The number of carbonyl (C=O) groups is 1. The lowest BCUT2D eigenvalue weighted by Gasteiger charge is -2.30. The molecule has 2 aromatic rings. The molecule has 1 aromatic heterocycles. The largest absolute Gasteiger partial charge is 0.389 e. The van der Waals surface area contributed by atoms with Gasteiger partial charge in [-0.3, -0.25) is 9.79 Å². The van der Waals surface area contributed by atoms with E-state index in [0.29, 0.717) is 41.2 Å². The molecule has 2 fully saturated rings. The molecule has 1 amide bonds. The van der Waals surface area contributed by atoms with Crippen molar-refractivity contribution in [2.75, 3.05) is 25.1 Å². The summed E-state index contributed by atoms with van der Waals surface area (Å²) in [6.45, 7) is 2.41. The average Bonchev–Trinajstić information content (AvgIpc) is 3.41. The number of halogens is 2. The minimum Gasteiger partial charge on any atom is -0.389 e. The van der Waals surface area contributed by atoms with Crippen LogP contribution in [0, 0.1) is 12.7 Å². The van der Waals surface area contributed by atoms with Gasteiger partial charge in [0.15, 0.2) is 0 Å². The Morgan fingerprint density at radius 1 is 1.33 bits per heavy atom. The van der Waals surface area contributed by atoms with Crippen LogP contribution in [0.4, 0.5) is 14.6 Å². The standard InChI is InChI=1S/C23H25F2N5O3/c1-12-3-2-4-14(20(12)25)17-7-13(24)9-30(17)23(32)21-19-16(8-26-21)27-11-28-22(19)29-15-5-6-33-10-18(15)31/h2-4,11,13,15,17-18,31H,5-10H2,1H3,(H,27,28,29)/t13-,15+,17+,18+/m0/s1. The van der Waals surface area contributed by atoms with Crippen molar-refractivity contribution in [1.82, 2.24) is 14.9 Å². The van der Waals surface area contributed by atoms with Crippen molar-refractivity contribution in [2.24, 2.45) is 4.99 Å². The Bertz CT molecular complexity index is 1110. The number of aliphatic hydroxyl groups excluding tert-OH is 1. The van der Waals surface area contributed by atoms with Gasteiger partial charge in [-0.15, -0.1) is 0 Å². The summed E-state index contributed by atoms with van der Waals surface area (Å²) in [4.78, 5) is 27.9. The van der Waals surface area contributed by atoms with E-state index in [1.54, 1.807) is 25.1 Å². The topological polar surface area (TPSA) is 99.9 Å². The third kappa shape index (κ3) is 3.97. The lowest BCUT2D eigenvalue weighted by molar-refractivity contribution is -0.125. The molecule has 4 heterocycles. The van der Waals surface area contributed by atoms with Crippen molar-refractivity contribution in [3.05, 3.63) is 52.7 Å². The number of nitrogens with one attached hydrogen (secondary N) is 1. The van der Waals surface area contributed by atoms with Crippen LogP contribution in [0.2, 0.25) is 0 Å². The molecule has 33 heavy (non-hydrogen) atoms. The maximum absolute atomic E-state index is 14.8. The van der Waals surface area contributed by atoms with Crippen LogP contribution in [-0.2, 0) is 16.1 Å². The molecule has 174 valence electrons. The number of likely N-dealkylation sites (tertiary alicyclic amines) is 1. The lowest BCUT2D eigenvalue weighted by Crippen LogP contribution is -2.43. The first-order valence-electron chi connectivity index (χ1n) is 11.0. The SMILES string of the molecule is Cc1cccc([C@H]2C[C@H](F)CN2C(=O)C2=NCc3ncnc(N[C@@H]4CCOC[C@H]4O)c32)c1F. The molecule has 8 nitrogen and oxygen atoms in total. The summed E-state index contributed by atoms with van der Waals surface area (Å²) in [5, 5.41) is 13.5. The Morgan fingerprint density at radius 2 is 2.18 bits per heavy atom. The molecule has 5 rings (SSSR count). The molecular formula is C23H25F2N5O3. The second-order valence-electron chi connectivity index (χ2n) is 8.67. The van der Waals surface area contributed by atoms with E-state index < -0.39 is 30.0 Å². The number of amides is 1. The zero-order chi connectivity index (χ0) is 23.1. The molecule has 10 heteroatoms. The Kier molecular flexibility index (Phi) is 5.79. The van der Waals surface area contributed by atoms with E-state index in [-0.39, 0.29) is 37.9 Å². The van der Waals surface area contributed by atoms with Gasteiger partial charge < -0.3 is 20.1 Å². The first kappa shape index (κ1) is 21.8. The third-order valence-corrected chi connectivity index (χ3v) is 6.49. The molecule has 2 N–H and O–H groups in total. The Labute approximate surface area is 189 Å². The molecule has 0 unspecified atom stereocenters. The molecule has 3 aliphatic heterocycles. The molecule has 4 atom stereocenters. The molecule has 0 aliphatic carbocycles. The Morgan fingerprint density at radius 3 is 3.00 bits per heavy atom. The van der Waals surface area contributed by atoms with Crippen molar-refractivity contribution >= 4 is 17.4 Å². The number of ether oxygens (including phenoxy) is 1. The van der Waals surface area contributed by atoms with Crippen LogP contribution in [0.5, 0.6) is 0 Å². The van der Waals surface area contributed by atoms with Crippen LogP contribution in [0.15, 0.2) is 29.5 Å². The number of rotatable bonds is 4. The summed E-state index contributed by atoms with van der Waals surface area (Å²) in [5.74, 6) is -0.516. The van der Waals surface area contributed by atoms with E-state index in [0.717, 1.165) is 0 Å². The van der Waals surface area contributed by atoms with E-state index in [9.17, 15) is 18.7 Å². The summed E-state index contributed by atoms with van der Waals surface area (Å²) in [6.07, 6.45) is -0.000662. The highest BCUT2D eigenvalue weighted by molar-refractivity contribution is 6.47. The van der Waals surface area contributed by atoms with Gasteiger partial charge in [0.25, 0.3) is 5.91 Å². The number of aromatic nitrogens is 2. The molecule has 0 spiro atoms. The molecule has 2 saturated heterocycles. The van der Waals surface area contributed by atoms with Gasteiger partial charge in [-0.05, 0) is 18.9 Å². The zero-order valence-corrected chi connectivity index (χ0v) is 18.2. The smallest absolute Gasteiger partial charge is 0.273 e. The van der Waals surface area contributed by atoms with Gasteiger partial charge >= 0.3 is 0 Å². The van der Waals surface area contributed by atoms with Crippen LogP contribution in [0.3, 0.4) is 0 Å². The maximum Gasteiger partial charge on any atom is 0.273 e. The number of hydrogen-bond donors (Lipinski definition) is 2. The van der Waals surface area contributed by atoms with Crippen LogP contribution in [0.1, 0.15) is 41.3 Å². The number of fused-ring (bicyclic) bond motifs is 1. The number of hydrogen-bond acceptors (Lipinski definition) is 7. The van der Waals surface area contributed by atoms with E-state index in [1.165, 1.54) is 11.2 Å². The van der Waals surface area contributed by atoms with E-state index in [4.69, 9.17) is 4.74 Å². The number of anilines is 1. The summed E-state index contributed by atoms with van der Waals surface area (Å²) in [7, 11) is 0. The van der Waals surface area contributed by atoms with Gasteiger partial charge in [0.1, 0.15) is 29.8 Å². The molecule has 3 aliphatic rings. The third-order valence-electron chi connectivity index (χ3n) is 6.49. The molecule has 0 saturated carbocycles. The van der Waals surface area contributed by atoms with Crippen molar-refractivity contribution in [1.29, 1.82) is 0 Å². The van der Waals surface area contributed by atoms with Gasteiger partial charge in [-0.2, -0.15) is 0 Å². The quantitative estimate of drug-likeness (QED) is 0.730. The predicted octanol–water partition coefficient (Wildman–Crippen LogP) is 2.10. The van der Waals surface area contributed by atoms with Gasteiger partial charge in [-0.1, -0.05) is 18.2 Å². The number of aliphatic hydroxyl groups is 1. The molecule has 1 aromatic carbocycles. The highest BCUT2D eigenvalue weighted by atomic mass is 19.1. The number of carbonyl (C=O) groups excluding carboxylic acids is 1. The number of aryl methyl sites for hydroxylation is 1. The Hall–Kier alpha value is -2.98. The summed E-state index contributed by atoms with van der Waals surface area (Å²) >= 11 is 0. The van der Waals surface area contributed by atoms with Gasteiger partial charge in [0.2, 0.25) is 0 Å². The summed E-state index contributed by atoms with van der Waals surface area (Å²) in [5.41, 5.74) is 1.90. The molecule has 0 radical (unpaired) electrons. The van der Waals surface area contributed by atoms with E-state index in [1.807, 2.05) is 0 Å². The second kappa shape index (κ2) is 8.75. The Balaban J connectivity index is 1.45. The van der Waals surface area contributed by atoms with Crippen molar-refractivity contribution in [3.8, 4) is 0 Å². The second-order valence-corrected chi connectivity index (χ2v) is 8.67.